The molecule has 0 unspecified atom stereocenters. The molecule has 0 spiro atoms. The van der Waals surface area contributed by atoms with E-state index in [1.165, 1.54) is 10.5 Å². The lowest BCUT2D eigenvalue weighted by Crippen LogP contribution is -2.14. The Kier molecular flexibility index (Phi) is 4.63. The van der Waals surface area contributed by atoms with Crippen LogP contribution in [0.4, 0.5) is 0 Å². The van der Waals surface area contributed by atoms with Gasteiger partial charge in [-0.3, -0.25) is 9.20 Å². The summed E-state index contributed by atoms with van der Waals surface area (Å²) in [6, 6.07) is 18.4. The van der Waals surface area contributed by atoms with E-state index >= 15 is 0 Å². The van der Waals surface area contributed by atoms with Gasteiger partial charge in [0.2, 0.25) is 0 Å². The smallest absolute Gasteiger partial charge is 0.348 e. The van der Waals surface area contributed by atoms with E-state index in [1.54, 1.807) is 18.2 Å². The first-order valence-electron chi connectivity index (χ1n) is 8.63. The molecule has 0 saturated carbocycles. The number of hydrogen-bond acceptors (Lipinski definition) is 4. The van der Waals surface area contributed by atoms with Crippen LogP contribution in [0.15, 0.2) is 65.5 Å². The van der Waals surface area contributed by atoms with Gasteiger partial charge in [-0.2, -0.15) is 0 Å². The molecule has 0 saturated heterocycles. The average molecular weight is 388 g/mol. The molecule has 4 rings (SSSR count). The van der Waals surface area contributed by atoms with Gasteiger partial charge < -0.3 is 5.11 Å². The highest BCUT2D eigenvalue weighted by molar-refractivity contribution is 7.19. The van der Waals surface area contributed by atoms with E-state index in [-0.39, 0.29) is 10.4 Å². The third kappa shape index (κ3) is 3.25. The Bertz CT molecular complexity index is 1270. The van der Waals surface area contributed by atoms with Crippen molar-refractivity contribution in [1.82, 2.24) is 9.38 Å². The number of benzene rings is 2. The molecule has 0 aliphatic rings. The molecule has 4 aromatic rings. The monoisotopic (exact) mass is 388 g/mol. The number of fused-ring (bicyclic) bond motifs is 1. The third-order valence-corrected chi connectivity index (χ3v) is 5.43. The van der Waals surface area contributed by atoms with Crippen LogP contribution in [0.1, 0.15) is 26.5 Å². The first-order valence-corrected chi connectivity index (χ1v) is 9.45. The van der Waals surface area contributed by atoms with Crippen LogP contribution in [0, 0.1) is 6.92 Å². The molecule has 28 heavy (non-hydrogen) atoms. The first kappa shape index (κ1) is 17.9. The molecule has 0 aliphatic heterocycles. The van der Waals surface area contributed by atoms with Gasteiger partial charge in [-0.05, 0) is 24.1 Å². The van der Waals surface area contributed by atoms with E-state index < -0.39 is 5.97 Å². The number of aromatic carboxylic acids is 1. The van der Waals surface area contributed by atoms with Crippen LogP contribution in [0.2, 0.25) is 0 Å². The van der Waals surface area contributed by atoms with Gasteiger partial charge in [0.05, 0.1) is 11.4 Å². The minimum absolute atomic E-state index is 0.0934. The van der Waals surface area contributed by atoms with E-state index in [0.29, 0.717) is 21.9 Å². The lowest BCUT2D eigenvalue weighted by atomic mass is 10.1. The molecule has 138 valence electrons. The second kappa shape index (κ2) is 7.25. The molecule has 2 aromatic heterocycles. The molecule has 6 heteroatoms. The van der Waals surface area contributed by atoms with Gasteiger partial charge in [0.15, 0.2) is 4.96 Å². The molecule has 5 nitrogen and oxygen atoms in total. The van der Waals surface area contributed by atoms with Gasteiger partial charge >= 0.3 is 5.97 Å². The Morgan fingerprint density at radius 3 is 2.50 bits per heavy atom. The van der Waals surface area contributed by atoms with Crippen LogP contribution in [0.5, 0.6) is 0 Å². The van der Waals surface area contributed by atoms with Crippen molar-refractivity contribution in [3.63, 3.8) is 0 Å². The lowest BCUT2D eigenvalue weighted by Gasteiger charge is -2.03. The lowest BCUT2D eigenvalue weighted by molar-refractivity contribution is 0.0702. The van der Waals surface area contributed by atoms with E-state index in [9.17, 15) is 14.7 Å². The van der Waals surface area contributed by atoms with Crippen molar-refractivity contribution >= 4 is 34.4 Å². The number of carboxylic acid groups (broad SMARTS) is 1. The van der Waals surface area contributed by atoms with Crippen LogP contribution in [0.25, 0.3) is 28.4 Å². The fourth-order valence-corrected chi connectivity index (χ4v) is 4.03. The summed E-state index contributed by atoms with van der Waals surface area (Å²) >= 11 is 0.998. The molecule has 1 N–H and O–H groups in total. The van der Waals surface area contributed by atoms with Crippen molar-refractivity contribution in [3.05, 3.63) is 92.7 Å². The number of carboxylic acids is 1. The molecule has 0 fully saturated rings. The van der Waals surface area contributed by atoms with Crippen LogP contribution in [-0.4, -0.2) is 20.5 Å². The van der Waals surface area contributed by atoms with Crippen LogP contribution in [-0.2, 0) is 0 Å². The minimum atomic E-state index is -1.08. The fraction of sp³-hybridized carbons (Fsp3) is 0.0455. The number of rotatable bonds is 4. The molecular weight excluding hydrogens is 372 g/mol. The van der Waals surface area contributed by atoms with Gasteiger partial charge in [0.1, 0.15) is 4.88 Å². The van der Waals surface area contributed by atoms with Crippen LogP contribution < -0.4 is 5.56 Å². The van der Waals surface area contributed by atoms with Crippen LogP contribution in [0.3, 0.4) is 0 Å². The molecule has 0 radical (unpaired) electrons. The number of hydrogen-bond donors (Lipinski definition) is 1. The predicted octanol–water partition coefficient (Wildman–Crippen LogP) is 4.60. The van der Waals surface area contributed by atoms with Gasteiger partial charge in [-0.25, -0.2) is 9.78 Å². The van der Waals surface area contributed by atoms with Crippen molar-refractivity contribution in [1.29, 1.82) is 0 Å². The molecule has 0 amide bonds. The van der Waals surface area contributed by atoms with Crippen molar-refractivity contribution < 1.29 is 9.90 Å². The largest absolute Gasteiger partial charge is 0.477 e. The molecule has 0 atom stereocenters. The van der Waals surface area contributed by atoms with Gasteiger partial charge in [-0.15, -0.1) is 0 Å². The second-order valence-corrected chi connectivity index (χ2v) is 7.26. The topological polar surface area (TPSA) is 71.7 Å². The SMILES string of the molecule is Cc1ccccc1C=Cc1cc(=O)n2c(-c3ccccc3)c(C(=O)O)sc2n1. The Hall–Kier alpha value is -3.51. The highest BCUT2D eigenvalue weighted by atomic mass is 32.1. The van der Waals surface area contributed by atoms with Crippen molar-refractivity contribution in [2.24, 2.45) is 0 Å². The van der Waals surface area contributed by atoms with E-state index in [1.807, 2.05) is 55.5 Å². The normalized spacial score (nSPS) is 11.3. The Labute approximate surface area is 164 Å². The highest BCUT2D eigenvalue weighted by Crippen LogP contribution is 2.30. The number of thiazole rings is 1. The minimum Gasteiger partial charge on any atom is -0.477 e. The Morgan fingerprint density at radius 2 is 1.79 bits per heavy atom. The molecular formula is C22H16N2O3S. The summed E-state index contributed by atoms with van der Waals surface area (Å²) in [7, 11) is 0. The maximum absolute atomic E-state index is 12.8. The Morgan fingerprint density at radius 1 is 1.07 bits per heavy atom. The summed E-state index contributed by atoms with van der Waals surface area (Å²) in [6.07, 6.45) is 3.67. The summed E-state index contributed by atoms with van der Waals surface area (Å²) in [4.78, 5) is 29.5. The summed E-state index contributed by atoms with van der Waals surface area (Å²) < 4.78 is 1.37. The molecule has 0 aliphatic carbocycles. The van der Waals surface area contributed by atoms with E-state index in [2.05, 4.69) is 4.98 Å². The maximum atomic E-state index is 12.8. The van der Waals surface area contributed by atoms with Crippen molar-refractivity contribution in [2.45, 2.75) is 6.92 Å². The predicted molar refractivity (Wildman–Crippen MR) is 112 cm³/mol. The van der Waals surface area contributed by atoms with Gasteiger partial charge in [0.25, 0.3) is 5.56 Å². The summed E-state index contributed by atoms with van der Waals surface area (Å²) in [5.74, 6) is -1.08. The maximum Gasteiger partial charge on any atom is 0.348 e. The Balaban J connectivity index is 1.88. The molecule has 0 bridgehead atoms. The van der Waals surface area contributed by atoms with Crippen molar-refractivity contribution in [2.75, 3.05) is 0 Å². The molecule has 2 heterocycles. The summed E-state index contributed by atoms with van der Waals surface area (Å²) in [5, 5.41) is 9.62. The zero-order valence-corrected chi connectivity index (χ0v) is 15.8. The first-order chi connectivity index (χ1) is 13.5. The van der Waals surface area contributed by atoms with Crippen molar-refractivity contribution in [3.8, 4) is 11.3 Å². The number of carbonyl (C=O) groups is 1. The second-order valence-electron chi connectivity index (χ2n) is 6.28. The number of aromatic nitrogens is 2. The standard InChI is InChI=1S/C22H16N2O3S/c1-14-7-5-6-8-15(14)11-12-17-13-18(25)24-19(16-9-3-2-4-10-16)20(21(26)27)28-22(24)23-17/h2-13H,1H3,(H,26,27). The van der Waals surface area contributed by atoms with E-state index in [4.69, 9.17) is 0 Å². The summed E-state index contributed by atoms with van der Waals surface area (Å²) in [6.45, 7) is 2.01. The average Bonchev–Trinajstić information content (AvgIpc) is 3.08. The third-order valence-electron chi connectivity index (χ3n) is 4.40. The zero-order chi connectivity index (χ0) is 19.7. The quantitative estimate of drug-likeness (QED) is 0.555. The number of nitrogens with zero attached hydrogens (tertiary/aromatic N) is 2. The zero-order valence-electron chi connectivity index (χ0n) is 15.0. The van der Waals surface area contributed by atoms with Gasteiger partial charge in [0, 0.05) is 11.6 Å². The fourth-order valence-electron chi connectivity index (χ4n) is 3.03. The summed E-state index contributed by atoms with van der Waals surface area (Å²) in [5.41, 5.74) is 3.36. The molecule has 2 aromatic carbocycles. The van der Waals surface area contributed by atoms with Crippen LogP contribution >= 0.6 is 11.3 Å². The van der Waals surface area contributed by atoms with E-state index in [0.717, 1.165) is 22.5 Å². The highest BCUT2D eigenvalue weighted by Gasteiger charge is 2.21. The number of aryl methyl sites for hydroxylation is 1. The van der Waals surface area contributed by atoms with Gasteiger partial charge in [-0.1, -0.05) is 72.0 Å².